The molecule has 1 aliphatic rings. The Kier molecular flexibility index (Phi) is 4.36. The highest BCUT2D eigenvalue weighted by Gasteiger charge is 2.24. The number of halogens is 1. The first-order valence-corrected chi connectivity index (χ1v) is 5.99. The van der Waals surface area contributed by atoms with Crippen molar-refractivity contribution in [3.8, 4) is 0 Å². The lowest BCUT2D eigenvalue weighted by Gasteiger charge is -2.22. The van der Waals surface area contributed by atoms with E-state index in [0.29, 0.717) is 18.2 Å². The topological polar surface area (TPSA) is 84.9 Å². The summed E-state index contributed by atoms with van der Waals surface area (Å²) in [5, 5.41) is 11.9. The number of aromatic carboxylic acids is 1. The molecule has 1 heterocycles. The highest BCUT2D eigenvalue weighted by atomic mass is 35.5. The zero-order valence-corrected chi connectivity index (χ0v) is 10.6. The molecule has 1 atom stereocenters. The van der Waals surface area contributed by atoms with E-state index in [-0.39, 0.29) is 17.9 Å². The van der Waals surface area contributed by atoms with Gasteiger partial charge in [0.25, 0.3) is 5.91 Å². The van der Waals surface area contributed by atoms with Crippen molar-refractivity contribution in [1.82, 2.24) is 0 Å². The smallest absolute Gasteiger partial charge is 0.337 e. The molecule has 0 spiro atoms. The molecule has 0 aliphatic carbocycles. The molecule has 0 radical (unpaired) electrons. The fourth-order valence-electron chi connectivity index (χ4n) is 1.66. The Labute approximate surface area is 114 Å². The number of hydrogen-bond acceptors (Lipinski definition) is 4. The lowest BCUT2D eigenvalue weighted by Crippen LogP contribution is -2.39. The van der Waals surface area contributed by atoms with Gasteiger partial charge in [-0.25, -0.2) is 4.79 Å². The predicted octanol–water partition coefficient (Wildman–Crippen LogP) is 1.39. The highest BCUT2D eigenvalue weighted by Crippen LogP contribution is 2.21. The first-order chi connectivity index (χ1) is 9.08. The molecule has 6 nitrogen and oxygen atoms in total. The Bertz CT molecular complexity index is 499. The highest BCUT2D eigenvalue weighted by molar-refractivity contribution is 6.31. The van der Waals surface area contributed by atoms with Crippen molar-refractivity contribution in [1.29, 1.82) is 0 Å². The van der Waals surface area contributed by atoms with Gasteiger partial charge in [0.05, 0.1) is 31.1 Å². The second-order valence-electron chi connectivity index (χ2n) is 3.92. The number of ether oxygens (including phenoxy) is 2. The average Bonchev–Trinajstić information content (AvgIpc) is 2.39. The number of carboxylic acid groups (broad SMARTS) is 1. The molecule has 2 N–H and O–H groups in total. The fraction of sp³-hybridized carbons (Fsp3) is 0.333. The summed E-state index contributed by atoms with van der Waals surface area (Å²) in [6, 6.07) is 4.16. The van der Waals surface area contributed by atoms with Crippen LogP contribution in [0.2, 0.25) is 5.02 Å². The van der Waals surface area contributed by atoms with Gasteiger partial charge < -0.3 is 19.9 Å². The van der Waals surface area contributed by atoms with Gasteiger partial charge in [0.1, 0.15) is 0 Å². The van der Waals surface area contributed by atoms with Gasteiger partial charge in [0, 0.05) is 5.02 Å². The Morgan fingerprint density at radius 2 is 2.16 bits per heavy atom. The first kappa shape index (κ1) is 13.8. The minimum atomic E-state index is -1.15. The minimum absolute atomic E-state index is 0.0329. The number of nitrogens with one attached hydrogen (secondary N) is 1. The third-order valence-corrected chi connectivity index (χ3v) is 2.81. The molecule has 1 fully saturated rings. The number of anilines is 1. The van der Waals surface area contributed by atoms with Crippen LogP contribution in [0.4, 0.5) is 5.69 Å². The minimum Gasteiger partial charge on any atom is -0.478 e. The van der Waals surface area contributed by atoms with Crippen molar-refractivity contribution in [2.45, 2.75) is 6.10 Å². The summed E-state index contributed by atoms with van der Waals surface area (Å²) in [5.74, 6) is -1.60. The summed E-state index contributed by atoms with van der Waals surface area (Å²) in [4.78, 5) is 22.9. The van der Waals surface area contributed by atoms with E-state index in [1.165, 1.54) is 18.2 Å². The van der Waals surface area contributed by atoms with Crippen LogP contribution in [0.15, 0.2) is 18.2 Å². The molecule has 0 aromatic heterocycles. The molecule has 1 aromatic carbocycles. The molecule has 1 saturated heterocycles. The Balaban J connectivity index is 2.15. The van der Waals surface area contributed by atoms with Crippen molar-refractivity contribution in [2.75, 3.05) is 25.1 Å². The van der Waals surface area contributed by atoms with E-state index < -0.39 is 18.0 Å². The number of amides is 1. The molecule has 1 aromatic rings. The van der Waals surface area contributed by atoms with Crippen LogP contribution >= 0.6 is 11.6 Å². The van der Waals surface area contributed by atoms with E-state index >= 15 is 0 Å². The van der Waals surface area contributed by atoms with E-state index in [0.717, 1.165) is 0 Å². The van der Waals surface area contributed by atoms with E-state index in [9.17, 15) is 9.59 Å². The van der Waals surface area contributed by atoms with Crippen LogP contribution in [0.3, 0.4) is 0 Å². The Morgan fingerprint density at radius 3 is 2.79 bits per heavy atom. The van der Waals surface area contributed by atoms with Gasteiger partial charge in [-0.1, -0.05) is 11.6 Å². The quantitative estimate of drug-likeness (QED) is 0.877. The van der Waals surface area contributed by atoms with Crippen LogP contribution in [0.1, 0.15) is 10.4 Å². The predicted molar refractivity (Wildman–Crippen MR) is 67.6 cm³/mol. The molecule has 1 amide bonds. The van der Waals surface area contributed by atoms with Crippen LogP contribution in [-0.2, 0) is 14.3 Å². The van der Waals surface area contributed by atoms with Crippen LogP contribution in [0.5, 0.6) is 0 Å². The lowest BCUT2D eigenvalue weighted by atomic mass is 10.1. The maximum atomic E-state index is 11.9. The SMILES string of the molecule is O=C(O)c1ccc(Cl)cc1NC(=O)C1COCCO1. The molecular weight excluding hydrogens is 274 g/mol. The number of rotatable bonds is 3. The number of hydrogen-bond donors (Lipinski definition) is 2. The monoisotopic (exact) mass is 285 g/mol. The van der Waals surface area contributed by atoms with E-state index in [4.69, 9.17) is 26.2 Å². The van der Waals surface area contributed by atoms with Gasteiger partial charge in [0.15, 0.2) is 6.10 Å². The fourth-order valence-corrected chi connectivity index (χ4v) is 1.83. The van der Waals surface area contributed by atoms with Gasteiger partial charge in [-0.05, 0) is 18.2 Å². The third-order valence-electron chi connectivity index (χ3n) is 2.58. The van der Waals surface area contributed by atoms with Crippen molar-refractivity contribution >= 4 is 29.2 Å². The number of carboxylic acids is 1. The third kappa shape index (κ3) is 3.44. The molecule has 1 aliphatic heterocycles. The maximum Gasteiger partial charge on any atom is 0.337 e. The molecule has 1 unspecified atom stereocenters. The summed E-state index contributed by atoms with van der Waals surface area (Å²) < 4.78 is 10.3. The van der Waals surface area contributed by atoms with Gasteiger partial charge in [-0.15, -0.1) is 0 Å². The molecule has 2 rings (SSSR count). The molecule has 7 heteroatoms. The molecular formula is C12H12ClNO5. The van der Waals surface area contributed by atoms with E-state index in [1.807, 2.05) is 0 Å². The Hall–Kier alpha value is -1.63. The van der Waals surface area contributed by atoms with E-state index in [1.54, 1.807) is 0 Å². The van der Waals surface area contributed by atoms with Crippen LogP contribution < -0.4 is 5.32 Å². The normalized spacial score (nSPS) is 18.9. The van der Waals surface area contributed by atoms with E-state index in [2.05, 4.69) is 5.32 Å². The summed E-state index contributed by atoms with van der Waals surface area (Å²) >= 11 is 5.79. The molecule has 102 valence electrons. The second-order valence-corrected chi connectivity index (χ2v) is 4.36. The summed E-state index contributed by atoms with van der Waals surface area (Å²) in [5.41, 5.74) is 0.105. The van der Waals surface area contributed by atoms with Gasteiger partial charge in [0.2, 0.25) is 0 Å². The largest absolute Gasteiger partial charge is 0.478 e. The van der Waals surface area contributed by atoms with Crippen LogP contribution in [-0.4, -0.2) is 42.9 Å². The van der Waals surface area contributed by atoms with Crippen LogP contribution in [0.25, 0.3) is 0 Å². The van der Waals surface area contributed by atoms with Crippen molar-refractivity contribution < 1.29 is 24.2 Å². The lowest BCUT2D eigenvalue weighted by molar-refractivity contribution is -0.142. The molecule has 0 bridgehead atoms. The number of carbonyl (C=O) groups excluding carboxylic acids is 1. The van der Waals surface area contributed by atoms with Crippen molar-refractivity contribution in [3.63, 3.8) is 0 Å². The van der Waals surface area contributed by atoms with Gasteiger partial charge in [-0.2, -0.15) is 0 Å². The zero-order valence-electron chi connectivity index (χ0n) is 9.89. The maximum absolute atomic E-state index is 11.9. The standard InChI is InChI=1S/C12H12ClNO5/c13-7-1-2-8(12(16)17)9(5-7)14-11(15)10-6-18-3-4-19-10/h1-2,5,10H,3-4,6H2,(H,14,15)(H,16,17). The summed E-state index contributed by atoms with van der Waals surface area (Å²) in [6.45, 7) is 0.926. The first-order valence-electron chi connectivity index (χ1n) is 5.61. The number of carbonyl (C=O) groups is 2. The summed E-state index contributed by atoms with van der Waals surface area (Å²) in [6.07, 6.45) is -0.741. The van der Waals surface area contributed by atoms with Crippen molar-refractivity contribution in [3.05, 3.63) is 28.8 Å². The Morgan fingerprint density at radius 1 is 1.37 bits per heavy atom. The average molecular weight is 286 g/mol. The van der Waals surface area contributed by atoms with Gasteiger partial charge in [-0.3, -0.25) is 4.79 Å². The zero-order chi connectivity index (χ0) is 13.8. The summed E-state index contributed by atoms with van der Waals surface area (Å²) in [7, 11) is 0. The van der Waals surface area contributed by atoms with Gasteiger partial charge >= 0.3 is 5.97 Å². The second kappa shape index (κ2) is 6.01. The van der Waals surface area contributed by atoms with Crippen LogP contribution in [0, 0.1) is 0 Å². The van der Waals surface area contributed by atoms with Crippen molar-refractivity contribution in [2.24, 2.45) is 0 Å². The number of benzene rings is 1. The molecule has 19 heavy (non-hydrogen) atoms. The molecule has 0 saturated carbocycles.